The number of amides is 1. The monoisotopic (exact) mass is 394 g/mol. The molecule has 0 radical (unpaired) electrons. The van der Waals surface area contributed by atoms with Gasteiger partial charge < -0.3 is 4.74 Å². The van der Waals surface area contributed by atoms with Gasteiger partial charge in [-0.1, -0.05) is 36.8 Å². The molecule has 1 heterocycles. The molecule has 5 heteroatoms. The second-order valence-corrected chi connectivity index (χ2v) is 7.79. The van der Waals surface area contributed by atoms with Crippen LogP contribution in [0.15, 0.2) is 58.4 Å². The number of amidine groups is 1. The summed E-state index contributed by atoms with van der Waals surface area (Å²) in [7, 11) is 0. The summed E-state index contributed by atoms with van der Waals surface area (Å²) >= 11 is 1.43. The fourth-order valence-corrected chi connectivity index (χ4v) is 3.97. The maximum atomic E-state index is 13.1. The Bertz CT molecular complexity index is 903. The highest BCUT2D eigenvalue weighted by molar-refractivity contribution is 8.18. The van der Waals surface area contributed by atoms with Crippen LogP contribution in [0.2, 0.25) is 0 Å². The first-order valence-electron chi connectivity index (χ1n) is 9.63. The standard InChI is InChI=1S/C23H26N2O2S/c1-5-17(4)25-22(26)21(15-18-8-7-9-20(14-18)27-6-2)28-23(25)24-19-12-10-16(3)11-13-19/h7-15,17H,5-6H2,1-4H3/b21-15+,24-23?/t17-/m0/s1. The van der Waals surface area contributed by atoms with E-state index < -0.39 is 0 Å². The summed E-state index contributed by atoms with van der Waals surface area (Å²) in [6.07, 6.45) is 2.79. The van der Waals surface area contributed by atoms with Crippen molar-refractivity contribution in [1.29, 1.82) is 0 Å². The number of ether oxygens (including phenoxy) is 1. The molecule has 0 N–H and O–H groups in total. The summed E-state index contributed by atoms with van der Waals surface area (Å²) in [6, 6.07) is 15.9. The lowest BCUT2D eigenvalue weighted by Crippen LogP contribution is -2.36. The first kappa shape index (κ1) is 20.2. The Morgan fingerprint density at radius 1 is 1.18 bits per heavy atom. The Labute approximate surface area is 171 Å². The number of carbonyl (C=O) groups excluding carboxylic acids is 1. The summed E-state index contributed by atoms with van der Waals surface area (Å²) in [5, 5.41) is 0.732. The molecule has 1 atom stereocenters. The van der Waals surface area contributed by atoms with E-state index in [9.17, 15) is 4.79 Å². The van der Waals surface area contributed by atoms with Gasteiger partial charge in [0.15, 0.2) is 5.17 Å². The van der Waals surface area contributed by atoms with Gasteiger partial charge in [-0.25, -0.2) is 4.99 Å². The highest BCUT2D eigenvalue weighted by atomic mass is 32.2. The molecule has 1 saturated heterocycles. The number of thioether (sulfide) groups is 1. The van der Waals surface area contributed by atoms with E-state index in [0.29, 0.717) is 11.5 Å². The van der Waals surface area contributed by atoms with Crippen molar-refractivity contribution < 1.29 is 9.53 Å². The van der Waals surface area contributed by atoms with Gasteiger partial charge in [-0.05, 0) is 74.9 Å². The van der Waals surface area contributed by atoms with E-state index in [1.54, 1.807) is 0 Å². The average molecular weight is 395 g/mol. The van der Waals surface area contributed by atoms with Crippen LogP contribution in [0.4, 0.5) is 5.69 Å². The summed E-state index contributed by atoms with van der Waals surface area (Å²) in [5.41, 5.74) is 2.99. The lowest BCUT2D eigenvalue weighted by Gasteiger charge is -2.22. The van der Waals surface area contributed by atoms with E-state index >= 15 is 0 Å². The predicted molar refractivity (Wildman–Crippen MR) is 118 cm³/mol. The number of hydrogen-bond acceptors (Lipinski definition) is 4. The molecule has 0 aromatic heterocycles. The number of rotatable bonds is 6. The Morgan fingerprint density at radius 3 is 2.61 bits per heavy atom. The largest absolute Gasteiger partial charge is 0.494 e. The van der Waals surface area contributed by atoms with E-state index in [-0.39, 0.29) is 11.9 Å². The van der Waals surface area contributed by atoms with E-state index in [2.05, 4.69) is 13.8 Å². The molecule has 1 fully saturated rings. The van der Waals surface area contributed by atoms with Gasteiger partial charge in [0.2, 0.25) is 0 Å². The first-order chi connectivity index (χ1) is 13.5. The maximum absolute atomic E-state index is 13.1. The highest BCUT2D eigenvalue weighted by Gasteiger charge is 2.36. The number of aryl methyl sites for hydroxylation is 1. The molecule has 1 amide bonds. The van der Waals surface area contributed by atoms with Crippen molar-refractivity contribution in [1.82, 2.24) is 4.90 Å². The minimum atomic E-state index is 0.00650. The van der Waals surface area contributed by atoms with Gasteiger partial charge in [-0.2, -0.15) is 0 Å². The van der Waals surface area contributed by atoms with E-state index in [4.69, 9.17) is 9.73 Å². The van der Waals surface area contributed by atoms with Gasteiger partial charge in [0, 0.05) is 6.04 Å². The fraction of sp³-hybridized carbons (Fsp3) is 0.304. The van der Waals surface area contributed by atoms with Gasteiger partial charge in [0.25, 0.3) is 5.91 Å². The molecule has 1 aliphatic rings. The molecular weight excluding hydrogens is 368 g/mol. The normalized spacial score (nSPS) is 18.1. The van der Waals surface area contributed by atoms with Crippen LogP contribution in [0, 0.1) is 6.92 Å². The molecule has 3 rings (SSSR count). The number of hydrogen-bond donors (Lipinski definition) is 0. The van der Waals surface area contributed by atoms with Crippen LogP contribution in [0.3, 0.4) is 0 Å². The summed E-state index contributed by atoms with van der Waals surface area (Å²) in [4.78, 5) is 20.3. The van der Waals surface area contributed by atoms with Crippen molar-refractivity contribution in [3.8, 4) is 5.75 Å². The Kier molecular flexibility index (Phi) is 6.57. The third-order valence-electron chi connectivity index (χ3n) is 4.59. The SMILES string of the molecule is CCOc1cccc(/C=C2/SC(=Nc3ccc(C)cc3)N([C@@H](C)CC)C2=O)c1. The molecule has 146 valence electrons. The fourth-order valence-electron chi connectivity index (χ4n) is 2.88. The minimum absolute atomic E-state index is 0.00650. The number of carbonyl (C=O) groups is 1. The van der Waals surface area contributed by atoms with Gasteiger partial charge in [-0.15, -0.1) is 0 Å². The second-order valence-electron chi connectivity index (χ2n) is 6.78. The van der Waals surface area contributed by atoms with E-state index in [1.165, 1.54) is 17.3 Å². The lowest BCUT2D eigenvalue weighted by atomic mass is 10.2. The summed E-state index contributed by atoms with van der Waals surface area (Å²) < 4.78 is 5.57. The van der Waals surface area contributed by atoms with E-state index in [1.807, 2.05) is 73.4 Å². The Balaban J connectivity index is 1.95. The summed E-state index contributed by atoms with van der Waals surface area (Å²) in [6.45, 7) is 8.76. The van der Waals surface area contributed by atoms with E-state index in [0.717, 1.165) is 28.6 Å². The molecule has 2 aromatic carbocycles. The number of nitrogens with zero attached hydrogens (tertiary/aromatic N) is 2. The van der Waals surface area contributed by atoms with Gasteiger partial charge in [-0.3, -0.25) is 9.69 Å². The zero-order chi connectivity index (χ0) is 20.1. The molecule has 4 nitrogen and oxygen atoms in total. The Hall–Kier alpha value is -2.53. The van der Waals surface area contributed by atoms with Crippen molar-refractivity contribution in [2.75, 3.05) is 6.61 Å². The predicted octanol–water partition coefficient (Wildman–Crippen LogP) is 5.80. The quantitative estimate of drug-likeness (QED) is 0.582. The number of aliphatic imine (C=N–C) groups is 1. The maximum Gasteiger partial charge on any atom is 0.266 e. The molecule has 2 aromatic rings. The Morgan fingerprint density at radius 2 is 1.93 bits per heavy atom. The van der Waals surface area contributed by atoms with Crippen molar-refractivity contribution in [3.05, 3.63) is 64.6 Å². The lowest BCUT2D eigenvalue weighted by molar-refractivity contribution is -0.123. The van der Waals surface area contributed by atoms with Gasteiger partial charge in [0.05, 0.1) is 17.2 Å². The average Bonchev–Trinajstić information content (AvgIpc) is 2.98. The smallest absolute Gasteiger partial charge is 0.266 e. The van der Waals surface area contributed by atoms with Crippen LogP contribution in [-0.2, 0) is 4.79 Å². The van der Waals surface area contributed by atoms with Crippen molar-refractivity contribution in [2.45, 2.75) is 40.2 Å². The van der Waals surface area contributed by atoms with Gasteiger partial charge in [0.1, 0.15) is 5.75 Å². The third-order valence-corrected chi connectivity index (χ3v) is 5.58. The van der Waals surface area contributed by atoms with Crippen molar-refractivity contribution in [3.63, 3.8) is 0 Å². The molecule has 0 bridgehead atoms. The molecule has 0 saturated carbocycles. The number of benzene rings is 2. The van der Waals surface area contributed by atoms with Crippen LogP contribution in [-0.4, -0.2) is 28.6 Å². The molecule has 1 aliphatic heterocycles. The third kappa shape index (κ3) is 4.65. The molecule has 0 unspecified atom stereocenters. The van der Waals surface area contributed by atoms with Crippen molar-refractivity contribution >= 4 is 34.6 Å². The van der Waals surface area contributed by atoms with Crippen LogP contribution in [0.25, 0.3) is 6.08 Å². The van der Waals surface area contributed by atoms with Gasteiger partial charge >= 0.3 is 0 Å². The minimum Gasteiger partial charge on any atom is -0.494 e. The topological polar surface area (TPSA) is 41.9 Å². The zero-order valence-electron chi connectivity index (χ0n) is 16.8. The first-order valence-corrected chi connectivity index (χ1v) is 10.4. The zero-order valence-corrected chi connectivity index (χ0v) is 17.6. The van der Waals surface area contributed by atoms with Crippen LogP contribution in [0.5, 0.6) is 5.75 Å². The van der Waals surface area contributed by atoms with Crippen LogP contribution < -0.4 is 4.74 Å². The van der Waals surface area contributed by atoms with Crippen molar-refractivity contribution in [2.24, 2.45) is 4.99 Å². The molecule has 0 aliphatic carbocycles. The second kappa shape index (κ2) is 9.11. The molecular formula is C23H26N2O2S. The molecule has 28 heavy (non-hydrogen) atoms. The van der Waals surface area contributed by atoms with Crippen LogP contribution >= 0.6 is 11.8 Å². The summed E-state index contributed by atoms with van der Waals surface area (Å²) in [5.74, 6) is 0.812. The highest BCUT2D eigenvalue weighted by Crippen LogP contribution is 2.36. The molecule has 0 spiro atoms. The van der Waals surface area contributed by atoms with Crippen LogP contribution in [0.1, 0.15) is 38.3 Å².